The number of anilines is 2. The smallest absolute Gasteiger partial charge is 0.274 e. The molecule has 1 amide bonds. The van der Waals surface area contributed by atoms with Crippen molar-refractivity contribution in [2.45, 2.75) is 19.8 Å². The fourth-order valence-electron chi connectivity index (χ4n) is 1.93. The second-order valence-corrected chi connectivity index (χ2v) is 4.44. The van der Waals surface area contributed by atoms with E-state index in [9.17, 15) is 4.79 Å². The van der Waals surface area contributed by atoms with E-state index in [0.717, 1.165) is 24.1 Å². The van der Waals surface area contributed by atoms with Crippen molar-refractivity contribution < 1.29 is 4.79 Å². The molecule has 20 heavy (non-hydrogen) atoms. The number of amides is 1. The first-order valence-electron chi connectivity index (χ1n) is 6.56. The third kappa shape index (κ3) is 3.33. The number of aryl methyl sites for hydroxylation is 1. The summed E-state index contributed by atoms with van der Waals surface area (Å²) in [6.45, 7) is 2.11. The Morgan fingerprint density at radius 1 is 1.25 bits per heavy atom. The van der Waals surface area contributed by atoms with Gasteiger partial charge in [0.25, 0.3) is 5.91 Å². The first kappa shape index (κ1) is 14.0. The average molecular weight is 270 g/mol. The number of pyridine rings is 1. The first-order valence-corrected chi connectivity index (χ1v) is 6.56. The Labute approximate surface area is 118 Å². The lowest BCUT2D eigenvalue weighted by Crippen LogP contribution is -2.15. The molecule has 2 aromatic rings. The number of nitrogens with one attached hydrogen (secondary N) is 2. The van der Waals surface area contributed by atoms with Crippen molar-refractivity contribution in [2.24, 2.45) is 5.84 Å². The number of carbonyl (C=O) groups excluding carboxylic acids is 1. The van der Waals surface area contributed by atoms with Crippen LogP contribution in [-0.2, 0) is 6.42 Å². The zero-order chi connectivity index (χ0) is 14.4. The molecular formula is C15H18N4O. The van der Waals surface area contributed by atoms with Crippen molar-refractivity contribution in [3.8, 4) is 0 Å². The second kappa shape index (κ2) is 6.68. The van der Waals surface area contributed by atoms with Gasteiger partial charge in [-0.05, 0) is 30.2 Å². The number of hydrogen-bond donors (Lipinski definition) is 3. The van der Waals surface area contributed by atoms with Crippen LogP contribution in [0.5, 0.6) is 0 Å². The van der Waals surface area contributed by atoms with Gasteiger partial charge in [0, 0.05) is 5.69 Å². The van der Waals surface area contributed by atoms with Crippen LogP contribution in [0.3, 0.4) is 0 Å². The van der Waals surface area contributed by atoms with E-state index in [1.165, 1.54) is 6.20 Å². The summed E-state index contributed by atoms with van der Waals surface area (Å²) in [6.07, 6.45) is 3.48. The van der Waals surface area contributed by atoms with Crippen LogP contribution < -0.4 is 16.6 Å². The van der Waals surface area contributed by atoms with Gasteiger partial charge < -0.3 is 10.7 Å². The molecular weight excluding hydrogens is 252 g/mol. The lowest BCUT2D eigenvalue weighted by molar-refractivity contribution is 0.102. The highest BCUT2D eigenvalue weighted by Gasteiger charge is 2.09. The molecule has 0 aliphatic carbocycles. The second-order valence-electron chi connectivity index (χ2n) is 4.44. The Kier molecular flexibility index (Phi) is 4.68. The highest BCUT2D eigenvalue weighted by molar-refractivity contribution is 6.03. The molecule has 0 saturated carbocycles. The molecule has 1 aromatic heterocycles. The zero-order valence-corrected chi connectivity index (χ0v) is 11.4. The highest BCUT2D eigenvalue weighted by Crippen LogP contribution is 2.17. The van der Waals surface area contributed by atoms with Gasteiger partial charge in [-0.25, -0.2) is 4.98 Å². The van der Waals surface area contributed by atoms with Crippen molar-refractivity contribution in [2.75, 3.05) is 10.7 Å². The Balaban J connectivity index is 2.14. The number of para-hydroxylation sites is 1. The quantitative estimate of drug-likeness (QED) is 0.576. The maximum Gasteiger partial charge on any atom is 0.274 e. The molecule has 1 aromatic carbocycles. The first-order chi connectivity index (χ1) is 9.74. The average Bonchev–Trinajstić information content (AvgIpc) is 2.49. The van der Waals surface area contributed by atoms with E-state index in [1.54, 1.807) is 12.1 Å². The van der Waals surface area contributed by atoms with Crippen LogP contribution >= 0.6 is 0 Å². The fraction of sp³-hybridized carbons (Fsp3) is 0.200. The van der Waals surface area contributed by atoms with Gasteiger partial charge in [0.05, 0.1) is 11.9 Å². The molecule has 1 heterocycles. The minimum Gasteiger partial charge on any atom is -0.323 e. The topological polar surface area (TPSA) is 80.0 Å². The molecule has 0 radical (unpaired) electrons. The maximum atomic E-state index is 12.1. The molecule has 104 valence electrons. The van der Waals surface area contributed by atoms with E-state index >= 15 is 0 Å². The van der Waals surface area contributed by atoms with Gasteiger partial charge >= 0.3 is 0 Å². The largest absolute Gasteiger partial charge is 0.323 e. The molecule has 0 fully saturated rings. The normalized spacial score (nSPS) is 10.1. The monoisotopic (exact) mass is 270 g/mol. The number of aromatic nitrogens is 1. The summed E-state index contributed by atoms with van der Waals surface area (Å²) in [7, 11) is 0. The number of hydrazine groups is 1. The standard InChI is InChI=1S/C15H18N4O/c1-2-5-11-6-3-4-7-13(11)18-15(20)14-9-8-12(19-16)10-17-14/h3-4,6-10,19H,2,5,16H2,1H3,(H,18,20). The van der Waals surface area contributed by atoms with Crippen LogP contribution in [-0.4, -0.2) is 10.9 Å². The summed E-state index contributed by atoms with van der Waals surface area (Å²) in [4.78, 5) is 16.2. The Bertz CT molecular complexity index is 581. The molecule has 5 nitrogen and oxygen atoms in total. The van der Waals surface area contributed by atoms with Crippen molar-refractivity contribution in [3.63, 3.8) is 0 Å². The maximum absolute atomic E-state index is 12.1. The Morgan fingerprint density at radius 2 is 2.05 bits per heavy atom. The van der Waals surface area contributed by atoms with Crippen molar-refractivity contribution in [1.82, 2.24) is 4.98 Å². The molecule has 0 aliphatic rings. The third-order valence-electron chi connectivity index (χ3n) is 2.95. The minimum atomic E-state index is -0.225. The van der Waals surface area contributed by atoms with Crippen LogP contribution in [0.1, 0.15) is 29.4 Å². The van der Waals surface area contributed by atoms with E-state index in [2.05, 4.69) is 22.7 Å². The molecule has 0 atom stereocenters. The molecule has 5 heteroatoms. The summed E-state index contributed by atoms with van der Waals surface area (Å²) < 4.78 is 0. The predicted octanol–water partition coefficient (Wildman–Crippen LogP) is 2.57. The van der Waals surface area contributed by atoms with Crippen LogP contribution in [0.4, 0.5) is 11.4 Å². The molecule has 0 unspecified atom stereocenters. The van der Waals surface area contributed by atoms with Crippen molar-refractivity contribution in [3.05, 3.63) is 53.9 Å². The van der Waals surface area contributed by atoms with E-state index in [1.807, 2.05) is 24.3 Å². The number of hydrogen-bond acceptors (Lipinski definition) is 4. The number of nitrogens with two attached hydrogens (primary N) is 1. The summed E-state index contributed by atoms with van der Waals surface area (Å²) in [5, 5.41) is 2.90. The predicted molar refractivity (Wildman–Crippen MR) is 80.4 cm³/mol. The summed E-state index contributed by atoms with van der Waals surface area (Å²) in [5.41, 5.74) is 5.46. The van der Waals surface area contributed by atoms with E-state index in [-0.39, 0.29) is 5.91 Å². The number of benzene rings is 1. The molecule has 0 saturated heterocycles. The van der Waals surface area contributed by atoms with Crippen LogP contribution in [0, 0.1) is 0 Å². The van der Waals surface area contributed by atoms with E-state index in [4.69, 9.17) is 5.84 Å². The molecule has 0 spiro atoms. The van der Waals surface area contributed by atoms with Gasteiger partial charge in [0.2, 0.25) is 0 Å². The molecule has 2 rings (SSSR count). The van der Waals surface area contributed by atoms with Gasteiger partial charge in [-0.1, -0.05) is 31.5 Å². The Morgan fingerprint density at radius 3 is 2.70 bits per heavy atom. The summed E-state index contributed by atoms with van der Waals surface area (Å²) in [6, 6.07) is 11.1. The molecule has 0 bridgehead atoms. The number of nitrogens with zero attached hydrogens (tertiary/aromatic N) is 1. The van der Waals surface area contributed by atoms with Gasteiger partial charge in [0.15, 0.2) is 0 Å². The molecule has 0 aliphatic heterocycles. The minimum absolute atomic E-state index is 0.225. The lowest BCUT2D eigenvalue weighted by atomic mass is 10.1. The van der Waals surface area contributed by atoms with Gasteiger partial charge in [0.1, 0.15) is 5.69 Å². The lowest BCUT2D eigenvalue weighted by Gasteiger charge is -2.10. The van der Waals surface area contributed by atoms with Crippen LogP contribution in [0.25, 0.3) is 0 Å². The summed E-state index contributed by atoms with van der Waals surface area (Å²) in [5.74, 6) is 5.04. The Hall–Kier alpha value is -2.40. The van der Waals surface area contributed by atoms with Crippen LogP contribution in [0.2, 0.25) is 0 Å². The van der Waals surface area contributed by atoms with Gasteiger partial charge in [-0.2, -0.15) is 0 Å². The van der Waals surface area contributed by atoms with Crippen molar-refractivity contribution in [1.29, 1.82) is 0 Å². The summed E-state index contributed by atoms with van der Waals surface area (Å²) >= 11 is 0. The van der Waals surface area contributed by atoms with Gasteiger partial charge in [-0.15, -0.1) is 0 Å². The number of rotatable bonds is 5. The fourth-order valence-corrected chi connectivity index (χ4v) is 1.93. The van der Waals surface area contributed by atoms with Crippen LogP contribution in [0.15, 0.2) is 42.6 Å². The van der Waals surface area contributed by atoms with E-state index < -0.39 is 0 Å². The third-order valence-corrected chi connectivity index (χ3v) is 2.95. The highest BCUT2D eigenvalue weighted by atomic mass is 16.1. The van der Waals surface area contributed by atoms with Crippen molar-refractivity contribution >= 4 is 17.3 Å². The SMILES string of the molecule is CCCc1ccccc1NC(=O)c1ccc(NN)cn1. The number of nitrogen functional groups attached to an aromatic ring is 1. The number of carbonyl (C=O) groups is 1. The van der Waals surface area contributed by atoms with E-state index in [0.29, 0.717) is 11.4 Å². The van der Waals surface area contributed by atoms with Gasteiger partial charge in [-0.3, -0.25) is 10.6 Å². The zero-order valence-electron chi connectivity index (χ0n) is 11.4. The molecule has 4 N–H and O–H groups in total.